The Morgan fingerprint density at radius 2 is 2.25 bits per heavy atom. The normalized spacial score (nSPS) is 10.8. The zero-order valence-corrected chi connectivity index (χ0v) is 11.0. The number of nitro benzene ring substituents is 1. The van der Waals surface area contributed by atoms with Crippen LogP contribution in [0.2, 0.25) is 0 Å². The second kappa shape index (κ2) is 5.55. The number of nitrogens with zero attached hydrogens (tertiary/aromatic N) is 2. The lowest BCUT2D eigenvalue weighted by atomic mass is 10.3. The second-order valence-electron chi connectivity index (χ2n) is 4.48. The molecule has 106 valence electrons. The third kappa shape index (κ3) is 3.02. The molecule has 0 atom stereocenters. The molecule has 8 heteroatoms. The van der Waals surface area contributed by atoms with Gasteiger partial charge < -0.3 is 15.1 Å². The molecule has 0 aliphatic carbocycles. The molecule has 0 radical (unpaired) electrons. The van der Waals surface area contributed by atoms with E-state index in [1.165, 1.54) is 12.1 Å². The molecule has 0 saturated heterocycles. The third-order valence-electron chi connectivity index (χ3n) is 2.44. The van der Waals surface area contributed by atoms with Crippen LogP contribution >= 0.6 is 0 Å². The topological polar surface area (TPSA) is 110 Å². The Hall–Kier alpha value is -2.64. The van der Waals surface area contributed by atoms with Crippen molar-refractivity contribution < 1.29 is 14.1 Å². The number of hydrogen-bond donors (Lipinski definition) is 2. The maximum absolute atomic E-state index is 11.5. The summed E-state index contributed by atoms with van der Waals surface area (Å²) >= 11 is 0. The summed E-state index contributed by atoms with van der Waals surface area (Å²) < 4.78 is 5.31. The highest BCUT2D eigenvalue weighted by atomic mass is 16.6. The van der Waals surface area contributed by atoms with E-state index in [4.69, 9.17) is 4.42 Å². The largest absolute Gasteiger partial charge is 0.423 e. The predicted octanol–water partition coefficient (Wildman–Crippen LogP) is 1.67. The lowest BCUT2D eigenvalue weighted by Gasteiger charge is -2.07. The third-order valence-corrected chi connectivity index (χ3v) is 2.44. The number of oxazole rings is 1. The fourth-order valence-electron chi connectivity index (χ4n) is 1.69. The van der Waals surface area contributed by atoms with Crippen LogP contribution in [-0.2, 0) is 4.79 Å². The molecular weight excluding hydrogens is 264 g/mol. The first-order valence-electron chi connectivity index (χ1n) is 6.04. The van der Waals surface area contributed by atoms with Crippen molar-refractivity contribution in [1.29, 1.82) is 0 Å². The number of rotatable bonds is 5. The average Bonchev–Trinajstić information content (AvgIpc) is 2.77. The Morgan fingerprint density at radius 3 is 2.90 bits per heavy atom. The van der Waals surface area contributed by atoms with Crippen molar-refractivity contribution in [3.8, 4) is 0 Å². The highest BCUT2D eigenvalue weighted by molar-refractivity contribution is 5.85. The standard InChI is InChI=1S/C12H14N4O4/c1-7(2)14-10(17)6-13-12-15-11-8(16(18)19)4-3-5-9(11)20-12/h3-5,7H,6H2,1-2H3,(H,13,15)(H,14,17). The van der Waals surface area contributed by atoms with Gasteiger partial charge in [0.2, 0.25) is 5.91 Å². The number of nitro groups is 1. The quantitative estimate of drug-likeness (QED) is 0.635. The van der Waals surface area contributed by atoms with E-state index in [0.717, 1.165) is 0 Å². The number of amides is 1. The number of nitrogens with one attached hydrogen (secondary N) is 2. The maximum Gasteiger partial charge on any atom is 0.298 e. The molecule has 1 aromatic carbocycles. The van der Waals surface area contributed by atoms with Crippen LogP contribution in [0.15, 0.2) is 22.6 Å². The number of benzene rings is 1. The predicted molar refractivity (Wildman–Crippen MR) is 72.4 cm³/mol. The smallest absolute Gasteiger partial charge is 0.298 e. The molecule has 2 aromatic rings. The number of fused-ring (bicyclic) bond motifs is 1. The van der Waals surface area contributed by atoms with Crippen molar-refractivity contribution in [2.45, 2.75) is 19.9 Å². The van der Waals surface area contributed by atoms with Crippen LogP contribution in [0.1, 0.15) is 13.8 Å². The first kappa shape index (κ1) is 13.8. The second-order valence-corrected chi connectivity index (χ2v) is 4.48. The molecular formula is C12H14N4O4. The summed E-state index contributed by atoms with van der Waals surface area (Å²) in [5.74, 6) is -0.211. The Kier molecular flexibility index (Phi) is 3.83. The number of aromatic nitrogens is 1. The fourth-order valence-corrected chi connectivity index (χ4v) is 1.69. The summed E-state index contributed by atoms with van der Waals surface area (Å²) in [4.78, 5) is 25.8. The molecule has 0 bridgehead atoms. The van der Waals surface area contributed by atoms with Gasteiger partial charge in [-0.15, -0.1) is 0 Å². The van der Waals surface area contributed by atoms with Gasteiger partial charge in [0, 0.05) is 12.1 Å². The van der Waals surface area contributed by atoms with Crippen LogP contribution < -0.4 is 10.6 Å². The van der Waals surface area contributed by atoms with Gasteiger partial charge in [-0.25, -0.2) is 0 Å². The Labute approximate surface area is 114 Å². The van der Waals surface area contributed by atoms with Crippen molar-refractivity contribution in [3.63, 3.8) is 0 Å². The van der Waals surface area contributed by atoms with Gasteiger partial charge in [-0.2, -0.15) is 4.98 Å². The minimum absolute atomic E-state index is 0.0151. The van der Waals surface area contributed by atoms with E-state index in [0.29, 0.717) is 5.58 Å². The molecule has 0 fully saturated rings. The maximum atomic E-state index is 11.5. The zero-order valence-electron chi connectivity index (χ0n) is 11.0. The number of non-ortho nitro benzene ring substituents is 1. The SMILES string of the molecule is CC(C)NC(=O)CNc1nc2c([N+](=O)[O-])cccc2o1. The summed E-state index contributed by atoms with van der Waals surface area (Å²) in [6.45, 7) is 3.68. The zero-order chi connectivity index (χ0) is 14.7. The van der Waals surface area contributed by atoms with Crippen molar-refractivity contribution in [2.75, 3.05) is 11.9 Å². The minimum atomic E-state index is -0.528. The Balaban J connectivity index is 2.14. The van der Waals surface area contributed by atoms with Gasteiger partial charge in [0.1, 0.15) is 0 Å². The van der Waals surface area contributed by atoms with Crippen LogP contribution in [0.25, 0.3) is 11.1 Å². The molecule has 2 N–H and O–H groups in total. The summed E-state index contributed by atoms with van der Waals surface area (Å²) in [6, 6.07) is 4.55. The van der Waals surface area contributed by atoms with Crippen LogP contribution in [0.5, 0.6) is 0 Å². The number of anilines is 1. The van der Waals surface area contributed by atoms with Crippen LogP contribution in [0, 0.1) is 10.1 Å². The molecule has 1 aromatic heterocycles. The van der Waals surface area contributed by atoms with E-state index >= 15 is 0 Å². The van der Waals surface area contributed by atoms with Crippen LogP contribution in [0.3, 0.4) is 0 Å². The minimum Gasteiger partial charge on any atom is -0.423 e. The van der Waals surface area contributed by atoms with Crippen molar-refractivity contribution in [2.24, 2.45) is 0 Å². The fraction of sp³-hybridized carbons (Fsp3) is 0.333. The summed E-state index contributed by atoms with van der Waals surface area (Å²) in [5, 5.41) is 16.2. The summed E-state index contributed by atoms with van der Waals surface area (Å²) in [5.41, 5.74) is 0.321. The number of carbonyl (C=O) groups is 1. The van der Waals surface area contributed by atoms with Crippen LogP contribution in [-0.4, -0.2) is 28.4 Å². The van der Waals surface area contributed by atoms with Gasteiger partial charge in [0.05, 0.1) is 11.5 Å². The lowest BCUT2D eigenvalue weighted by molar-refractivity contribution is -0.383. The van der Waals surface area contributed by atoms with Crippen LogP contribution in [0.4, 0.5) is 11.7 Å². The van der Waals surface area contributed by atoms with E-state index in [9.17, 15) is 14.9 Å². The summed E-state index contributed by atoms with van der Waals surface area (Å²) in [6.07, 6.45) is 0. The van der Waals surface area contributed by atoms with E-state index in [1.54, 1.807) is 6.07 Å². The van der Waals surface area contributed by atoms with E-state index in [-0.39, 0.29) is 35.7 Å². The Morgan fingerprint density at radius 1 is 1.50 bits per heavy atom. The summed E-state index contributed by atoms with van der Waals surface area (Å²) in [7, 11) is 0. The van der Waals surface area contributed by atoms with E-state index < -0.39 is 4.92 Å². The van der Waals surface area contributed by atoms with Gasteiger partial charge in [0.25, 0.3) is 11.7 Å². The lowest BCUT2D eigenvalue weighted by Crippen LogP contribution is -2.34. The first-order chi connectivity index (χ1) is 9.47. The number of hydrogen-bond acceptors (Lipinski definition) is 6. The molecule has 8 nitrogen and oxygen atoms in total. The van der Waals surface area contributed by atoms with E-state index in [2.05, 4.69) is 15.6 Å². The monoisotopic (exact) mass is 278 g/mol. The average molecular weight is 278 g/mol. The molecule has 0 saturated carbocycles. The number of carbonyl (C=O) groups excluding carboxylic acids is 1. The Bertz CT molecular complexity index is 650. The molecule has 1 heterocycles. The van der Waals surface area contributed by atoms with Gasteiger partial charge in [0.15, 0.2) is 11.1 Å². The molecule has 0 spiro atoms. The first-order valence-corrected chi connectivity index (χ1v) is 6.04. The molecule has 0 aliphatic rings. The molecule has 2 rings (SSSR count). The highest BCUT2D eigenvalue weighted by Gasteiger charge is 2.17. The van der Waals surface area contributed by atoms with Crippen molar-refractivity contribution in [1.82, 2.24) is 10.3 Å². The van der Waals surface area contributed by atoms with Gasteiger partial charge in [-0.1, -0.05) is 6.07 Å². The van der Waals surface area contributed by atoms with Gasteiger partial charge in [-0.05, 0) is 19.9 Å². The molecule has 20 heavy (non-hydrogen) atoms. The molecule has 0 unspecified atom stereocenters. The number of para-hydroxylation sites is 1. The van der Waals surface area contributed by atoms with Gasteiger partial charge >= 0.3 is 0 Å². The molecule has 0 aliphatic heterocycles. The van der Waals surface area contributed by atoms with E-state index in [1.807, 2.05) is 13.8 Å². The van der Waals surface area contributed by atoms with Gasteiger partial charge in [-0.3, -0.25) is 14.9 Å². The highest BCUT2D eigenvalue weighted by Crippen LogP contribution is 2.27. The van der Waals surface area contributed by atoms with Crippen molar-refractivity contribution in [3.05, 3.63) is 28.3 Å². The molecule has 1 amide bonds. The van der Waals surface area contributed by atoms with Crippen molar-refractivity contribution >= 4 is 28.7 Å².